The highest BCUT2D eigenvalue weighted by Crippen LogP contribution is 2.09. The zero-order valence-electron chi connectivity index (χ0n) is 12.2. The summed E-state index contributed by atoms with van der Waals surface area (Å²) in [5, 5.41) is 0. The molecule has 0 aliphatic rings. The molecule has 4 heteroatoms. The number of hydrogen-bond acceptors (Lipinski definition) is 2. The maximum atomic E-state index is 12.7. The van der Waals surface area contributed by atoms with Crippen LogP contribution in [0.1, 0.15) is 49.4 Å². The summed E-state index contributed by atoms with van der Waals surface area (Å²) >= 11 is 0. The molecule has 0 radical (unpaired) electrons. The van der Waals surface area contributed by atoms with Gasteiger partial charge in [0.05, 0.1) is 0 Å². The number of rotatable bonds is 8. The first kappa shape index (κ1) is 16.3. The average Bonchev–Trinajstić information content (AvgIpc) is 2.45. The number of Topliss-reactive ketones (excluding diaryl/α,β-unsaturated/α-hetero) is 1. The second-order valence-corrected chi connectivity index (χ2v) is 4.95. The van der Waals surface area contributed by atoms with Crippen LogP contribution < -0.4 is 0 Å². The van der Waals surface area contributed by atoms with Crippen molar-refractivity contribution in [3.63, 3.8) is 0 Å². The Morgan fingerprint density at radius 2 is 1.75 bits per heavy atom. The smallest absolute Gasteiger partial charge is 0.222 e. The highest BCUT2D eigenvalue weighted by Gasteiger charge is 2.10. The first-order chi connectivity index (χ1) is 9.54. The van der Waals surface area contributed by atoms with Gasteiger partial charge in [0, 0.05) is 32.0 Å². The number of halogens is 1. The Bertz CT molecular complexity index is 442. The van der Waals surface area contributed by atoms with Gasteiger partial charge in [0.1, 0.15) is 5.82 Å². The van der Waals surface area contributed by atoms with Gasteiger partial charge in [-0.1, -0.05) is 13.3 Å². The molecule has 0 aromatic heterocycles. The predicted octanol–water partition coefficient (Wildman–Crippen LogP) is 3.44. The van der Waals surface area contributed by atoms with Crippen LogP contribution in [0.15, 0.2) is 24.3 Å². The molecule has 0 N–H and O–H groups in total. The van der Waals surface area contributed by atoms with E-state index in [0.29, 0.717) is 24.8 Å². The van der Waals surface area contributed by atoms with Crippen molar-refractivity contribution in [2.24, 2.45) is 0 Å². The number of ketones is 1. The van der Waals surface area contributed by atoms with Gasteiger partial charge in [-0.2, -0.15) is 0 Å². The number of carbonyl (C=O) groups is 2. The second kappa shape index (κ2) is 8.46. The van der Waals surface area contributed by atoms with E-state index < -0.39 is 0 Å². The lowest BCUT2D eigenvalue weighted by Gasteiger charge is -2.16. The van der Waals surface area contributed by atoms with E-state index in [1.165, 1.54) is 24.3 Å². The summed E-state index contributed by atoms with van der Waals surface area (Å²) in [4.78, 5) is 25.3. The molecule has 0 saturated heterocycles. The Balaban J connectivity index is 2.31. The van der Waals surface area contributed by atoms with Gasteiger partial charge < -0.3 is 4.90 Å². The van der Waals surface area contributed by atoms with Gasteiger partial charge in [0.15, 0.2) is 5.78 Å². The number of hydrogen-bond donors (Lipinski definition) is 0. The molecule has 1 amide bonds. The van der Waals surface area contributed by atoms with E-state index in [1.54, 1.807) is 11.9 Å². The molecule has 0 atom stereocenters. The molecule has 0 fully saturated rings. The SMILES string of the molecule is CCCCN(C)C(=O)CCCC(=O)c1ccc(F)cc1. The van der Waals surface area contributed by atoms with Crippen LogP contribution in [0.5, 0.6) is 0 Å². The van der Waals surface area contributed by atoms with Gasteiger partial charge >= 0.3 is 0 Å². The maximum absolute atomic E-state index is 12.7. The molecular weight excluding hydrogens is 257 g/mol. The lowest BCUT2D eigenvalue weighted by molar-refractivity contribution is -0.130. The largest absolute Gasteiger partial charge is 0.346 e. The van der Waals surface area contributed by atoms with E-state index in [1.807, 2.05) is 0 Å². The van der Waals surface area contributed by atoms with Gasteiger partial charge in [0.2, 0.25) is 5.91 Å². The molecule has 0 unspecified atom stereocenters. The molecule has 1 rings (SSSR count). The molecule has 1 aromatic rings. The third-order valence-electron chi connectivity index (χ3n) is 3.23. The standard InChI is InChI=1S/C16H22FNO2/c1-3-4-12-18(2)16(20)7-5-6-15(19)13-8-10-14(17)11-9-13/h8-11H,3-7,12H2,1-2H3. The third-order valence-corrected chi connectivity index (χ3v) is 3.23. The van der Waals surface area contributed by atoms with E-state index in [2.05, 4.69) is 6.92 Å². The van der Waals surface area contributed by atoms with Crippen LogP contribution in [0.2, 0.25) is 0 Å². The van der Waals surface area contributed by atoms with Crippen LogP contribution in [0.4, 0.5) is 4.39 Å². The summed E-state index contributed by atoms with van der Waals surface area (Å²) in [6, 6.07) is 5.51. The molecule has 3 nitrogen and oxygen atoms in total. The van der Waals surface area contributed by atoms with Crippen LogP contribution in [0.3, 0.4) is 0 Å². The third kappa shape index (κ3) is 5.51. The monoisotopic (exact) mass is 279 g/mol. The Hall–Kier alpha value is -1.71. The Labute approximate surface area is 119 Å². The van der Waals surface area contributed by atoms with Crippen molar-refractivity contribution in [3.8, 4) is 0 Å². The van der Waals surface area contributed by atoms with Crippen LogP contribution in [0.25, 0.3) is 0 Å². The summed E-state index contributed by atoms with van der Waals surface area (Å²) in [6.45, 7) is 2.85. The van der Waals surface area contributed by atoms with Crippen molar-refractivity contribution in [3.05, 3.63) is 35.6 Å². The van der Waals surface area contributed by atoms with Crippen LogP contribution >= 0.6 is 0 Å². The van der Waals surface area contributed by atoms with Crippen LogP contribution in [-0.4, -0.2) is 30.2 Å². The summed E-state index contributed by atoms with van der Waals surface area (Å²) in [5.41, 5.74) is 0.498. The number of unbranched alkanes of at least 4 members (excludes halogenated alkanes) is 1. The first-order valence-electron chi connectivity index (χ1n) is 7.07. The highest BCUT2D eigenvalue weighted by atomic mass is 19.1. The molecule has 0 bridgehead atoms. The topological polar surface area (TPSA) is 37.4 Å². The normalized spacial score (nSPS) is 10.3. The van der Waals surface area contributed by atoms with Crippen molar-refractivity contribution in [1.29, 1.82) is 0 Å². The Morgan fingerprint density at radius 1 is 1.10 bits per heavy atom. The van der Waals surface area contributed by atoms with Crippen molar-refractivity contribution in [2.45, 2.75) is 39.0 Å². The van der Waals surface area contributed by atoms with Crippen molar-refractivity contribution in [2.75, 3.05) is 13.6 Å². The minimum Gasteiger partial charge on any atom is -0.346 e. The minimum absolute atomic E-state index is 0.0472. The van der Waals surface area contributed by atoms with Gasteiger partial charge in [-0.25, -0.2) is 4.39 Å². The number of benzene rings is 1. The highest BCUT2D eigenvalue weighted by molar-refractivity contribution is 5.96. The van der Waals surface area contributed by atoms with E-state index in [0.717, 1.165) is 19.4 Å². The lowest BCUT2D eigenvalue weighted by atomic mass is 10.1. The fourth-order valence-corrected chi connectivity index (χ4v) is 1.89. The average molecular weight is 279 g/mol. The number of nitrogens with zero attached hydrogens (tertiary/aromatic N) is 1. The number of carbonyl (C=O) groups excluding carboxylic acids is 2. The second-order valence-electron chi connectivity index (χ2n) is 4.95. The fraction of sp³-hybridized carbons (Fsp3) is 0.500. The van der Waals surface area contributed by atoms with Crippen molar-refractivity contribution < 1.29 is 14.0 Å². The summed E-state index contributed by atoms with van der Waals surface area (Å²) < 4.78 is 12.7. The minimum atomic E-state index is -0.353. The maximum Gasteiger partial charge on any atom is 0.222 e. The summed E-state index contributed by atoms with van der Waals surface area (Å²) in [7, 11) is 1.79. The van der Waals surface area contributed by atoms with Gasteiger partial charge in [-0.3, -0.25) is 9.59 Å². The molecule has 0 aliphatic carbocycles. The zero-order valence-corrected chi connectivity index (χ0v) is 12.2. The quantitative estimate of drug-likeness (QED) is 0.684. The molecule has 20 heavy (non-hydrogen) atoms. The van der Waals surface area contributed by atoms with Gasteiger partial charge in [-0.15, -0.1) is 0 Å². The van der Waals surface area contributed by atoms with E-state index in [4.69, 9.17) is 0 Å². The fourth-order valence-electron chi connectivity index (χ4n) is 1.89. The molecule has 0 saturated carbocycles. The van der Waals surface area contributed by atoms with E-state index >= 15 is 0 Å². The molecular formula is C16H22FNO2. The molecule has 0 heterocycles. The predicted molar refractivity (Wildman–Crippen MR) is 77.1 cm³/mol. The number of amides is 1. The van der Waals surface area contributed by atoms with Gasteiger partial charge in [0.25, 0.3) is 0 Å². The molecule has 0 aliphatic heterocycles. The Morgan fingerprint density at radius 3 is 2.35 bits per heavy atom. The van der Waals surface area contributed by atoms with Crippen molar-refractivity contribution in [1.82, 2.24) is 4.90 Å². The Kier molecular flexibility index (Phi) is 6.91. The first-order valence-corrected chi connectivity index (χ1v) is 7.07. The van der Waals surface area contributed by atoms with Gasteiger partial charge in [-0.05, 0) is 37.1 Å². The van der Waals surface area contributed by atoms with Crippen LogP contribution in [-0.2, 0) is 4.79 Å². The van der Waals surface area contributed by atoms with Crippen LogP contribution in [0, 0.1) is 5.82 Å². The lowest BCUT2D eigenvalue weighted by Crippen LogP contribution is -2.27. The summed E-state index contributed by atoms with van der Waals surface area (Å²) in [5.74, 6) is -0.325. The van der Waals surface area contributed by atoms with E-state index in [9.17, 15) is 14.0 Å². The summed E-state index contributed by atoms with van der Waals surface area (Å²) in [6.07, 6.45) is 3.29. The molecule has 1 aromatic carbocycles. The van der Waals surface area contributed by atoms with Crippen molar-refractivity contribution >= 4 is 11.7 Å². The molecule has 0 spiro atoms. The molecule has 110 valence electrons. The zero-order chi connectivity index (χ0) is 15.0. The van der Waals surface area contributed by atoms with E-state index in [-0.39, 0.29) is 17.5 Å².